The zero-order valence-corrected chi connectivity index (χ0v) is 11.2. The van der Waals surface area contributed by atoms with Crippen LogP contribution in [0.1, 0.15) is 0 Å². The molecule has 15 heavy (non-hydrogen) atoms. The lowest BCUT2D eigenvalue weighted by Gasteiger charge is -1.88. The van der Waals surface area contributed by atoms with Crippen molar-refractivity contribution in [1.82, 2.24) is 9.59 Å². The first-order valence-electron chi connectivity index (χ1n) is 2.77. The van der Waals surface area contributed by atoms with E-state index in [9.17, 15) is 4.57 Å². The van der Waals surface area contributed by atoms with Gasteiger partial charge in [-0.2, -0.15) is 0 Å². The molecule has 1 aromatic rings. The average molecular weight is 314 g/mol. The summed E-state index contributed by atoms with van der Waals surface area (Å²) in [4.78, 5) is 37.7. The van der Waals surface area contributed by atoms with Gasteiger partial charge in [0.25, 0.3) is 0 Å². The van der Waals surface area contributed by atoms with Gasteiger partial charge in [0, 0.05) is 5.38 Å². The zero-order chi connectivity index (χ0) is 12.5. The van der Waals surface area contributed by atoms with Crippen molar-refractivity contribution in [2.24, 2.45) is 0 Å². The second kappa shape index (κ2) is 8.71. The maximum Gasteiger partial charge on any atom is 0.380 e. The molecule has 0 saturated carbocycles. The first-order chi connectivity index (χ1) is 6.50. The Morgan fingerprint density at radius 2 is 1.60 bits per heavy atom. The van der Waals surface area contributed by atoms with Crippen LogP contribution in [-0.2, 0) is 16.4 Å². The van der Waals surface area contributed by atoms with Crippen molar-refractivity contribution < 1.29 is 29.0 Å². The molecule has 0 aliphatic carbocycles. The maximum absolute atomic E-state index is 9.19. The van der Waals surface area contributed by atoms with Gasteiger partial charge < -0.3 is 24.5 Å². The van der Waals surface area contributed by atoms with E-state index >= 15 is 0 Å². The fourth-order valence-electron chi connectivity index (χ4n) is 0.136. The van der Waals surface area contributed by atoms with Gasteiger partial charge in [-0.3, -0.25) is 0 Å². The van der Waals surface area contributed by atoms with E-state index in [1.807, 2.05) is 5.38 Å². The van der Waals surface area contributed by atoms with Crippen LogP contribution in [0.3, 0.4) is 0 Å². The second-order valence-corrected chi connectivity index (χ2v) is 7.35. The van der Waals surface area contributed by atoms with Gasteiger partial charge in [0.2, 0.25) is 0 Å². The smallest absolute Gasteiger partial charge is 0.325 e. The number of rotatable bonds is 0. The van der Waals surface area contributed by atoms with Crippen LogP contribution >= 0.6 is 37.3 Å². The second-order valence-electron chi connectivity index (χ2n) is 1.61. The van der Waals surface area contributed by atoms with E-state index in [4.69, 9.17) is 24.5 Å². The number of nitrogens with zero attached hydrogens (tertiary/aromatic N) is 2. The van der Waals surface area contributed by atoms with Crippen molar-refractivity contribution in [3.05, 3.63) is 11.6 Å². The summed E-state index contributed by atoms with van der Waals surface area (Å²) in [6.07, 6.45) is 1.66. The highest BCUT2D eigenvalue weighted by Crippen LogP contribution is 2.39. The standard InChI is InChI=1S/C2H2N2S.2H3O3PS/c1-2-5-4-3-1;2*1-4(2,3)5/h1-2H;2*(H3,1,2,3,5). The van der Waals surface area contributed by atoms with E-state index in [2.05, 4.69) is 33.6 Å². The molecule has 90 valence electrons. The van der Waals surface area contributed by atoms with Gasteiger partial charge in [-0.1, -0.05) is 16.7 Å². The Morgan fingerprint density at radius 3 is 1.67 bits per heavy atom. The molecule has 8 nitrogen and oxygen atoms in total. The van der Waals surface area contributed by atoms with Crippen LogP contribution in [0.4, 0.5) is 0 Å². The number of hydrogen-bond donors (Lipinski definition) is 6. The van der Waals surface area contributed by atoms with E-state index in [1.54, 1.807) is 6.20 Å². The van der Waals surface area contributed by atoms with E-state index in [1.165, 1.54) is 11.5 Å². The minimum absolute atomic E-state index is 1.35. The van der Waals surface area contributed by atoms with Crippen LogP contribution in [-0.4, -0.2) is 34.1 Å². The van der Waals surface area contributed by atoms with Gasteiger partial charge in [0.15, 0.2) is 0 Å². The van der Waals surface area contributed by atoms with Gasteiger partial charge in [-0.05, 0) is 23.3 Å². The highest BCUT2D eigenvalue weighted by atomic mass is 32.7. The molecule has 0 saturated heterocycles. The molecule has 1 aromatic heterocycles. The van der Waals surface area contributed by atoms with Crippen LogP contribution in [0.25, 0.3) is 0 Å². The summed E-state index contributed by atoms with van der Waals surface area (Å²) in [5.74, 6) is 0. The predicted molar refractivity (Wildman–Crippen MR) is 61.9 cm³/mol. The average Bonchev–Trinajstić information content (AvgIpc) is 2.28. The lowest BCUT2D eigenvalue weighted by molar-refractivity contribution is 0.363. The molecule has 1 heterocycles. The first kappa shape index (κ1) is 18.0. The van der Waals surface area contributed by atoms with E-state index in [0.717, 1.165) is 0 Å². The number of aromatic nitrogens is 2. The summed E-state index contributed by atoms with van der Waals surface area (Å²) in [5, 5.41) is 5.31. The minimum Gasteiger partial charge on any atom is -0.325 e. The minimum atomic E-state index is -3.94. The fourth-order valence-corrected chi connectivity index (χ4v) is 0.408. The monoisotopic (exact) mass is 314 g/mol. The fraction of sp³-hybridized carbons (Fsp3) is 0. The summed E-state index contributed by atoms with van der Waals surface area (Å²) in [6, 6.07) is 0. The Bertz CT molecular complexity index is 265. The lowest BCUT2D eigenvalue weighted by atomic mass is 11.1. The highest BCUT2D eigenvalue weighted by molar-refractivity contribution is 8.43. The Labute approximate surface area is 99.3 Å². The summed E-state index contributed by atoms with van der Waals surface area (Å²) in [6.45, 7) is -7.75. The Hall–Kier alpha value is 0.590. The molecule has 0 radical (unpaired) electrons. The molecular weight excluding hydrogens is 306 g/mol. The van der Waals surface area contributed by atoms with Crippen molar-refractivity contribution in [3.8, 4) is 0 Å². The molecule has 5 N–H and O–H groups in total. The molecule has 1 rings (SSSR count). The molecule has 0 unspecified atom stereocenters. The highest BCUT2D eigenvalue weighted by Gasteiger charge is 1.97. The molecule has 0 bridgehead atoms. The van der Waals surface area contributed by atoms with Gasteiger partial charge >= 0.3 is 13.5 Å². The zero-order valence-electron chi connectivity index (χ0n) is 6.85. The lowest BCUT2D eigenvalue weighted by Crippen LogP contribution is -1.65. The maximum atomic E-state index is 9.19. The van der Waals surface area contributed by atoms with Crippen molar-refractivity contribution in [2.75, 3.05) is 0 Å². The normalized spacial score (nSPS) is 10.5. The van der Waals surface area contributed by atoms with Crippen molar-refractivity contribution in [2.45, 2.75) is 0 Å². The van der Waals surface area contributed by atoms with E-state index in [0.29, 0.717) is 0 Å². The van der Waals surface area contributed by atoms with E-state index < -0.39 is 13.5 Å². The topological polar surface area (TPSA) is 144 Å². The molecule has 0 aliphatic rings. The van der Waals surface area contributed by atoms with Crippen LogP contribution in [0.5, 0.6) is 0 Å². The molecule has 0 aromatic carbocycles. The molecule has 0 atom stereocenters. The largest absolute Gasteiger partial charge is 0.380 e. The number of thiol groups is 1. The van der Waals surface area contributed by atoms with Crippen LogP contribution in [0.15, 0.2) is 11.6 Å². The van der Waals surface area contributed by atoms with Crippen LogP contribution in [0, 0.1) is 0 Å². The molecule has 0 amide bonds. The third-order valence-electron chi connectivity index (χ3n) is 0.283. The molecular formula is C2H8N2O6P2S3. The summed E-state index contributed by atoms with van der Waals surface area (Å²) in [7, 11) is 0. The predicted octanol–water partition coefficient (Wildman–Crippen LogP) is -0.265. The SMILES string of the molecule is O=P(O)(O)S.OP(O)(O)=S.c1csnn1. The van der Waals surface area contributed by atoms with Gasteiger partial charge in [-0.15, -0.1) is 5.10 Å². The van der Waals surface area contributed by atoms with Crippen LogP contribution in [0.2, 0.25) is 0 Å². The van der Waals surface area contributed by atoms with Crippen molar-refractivity contribution >= 4 is 49.1 Å². The Kier molecular flexibility index (Phi) is 10.4. The van der Waals surface area contributed by atoms with Crippen LogP contribution < -0.4 is 0 Å². The molecule has 0 aliphatic heterocycles. The van der Waals surface area contributed by atoms with Gasteiger partial charge in [0.05, 0.1) is 6.20 Å². The third-order valence-corrected chi connectivity index (χ3v) is 0.715. The number of hydrogen-bond acceptors (Lipinski definition) is 5. The molecule has 0 spiro atoms. The quantitative estimate of drug-likeness (QED) is 0.282. The molecule has 0 fully saturated rings. The Morgan fingerprint density at radius 1 is 1.27 bits per heavy atom. The first-order valence-corrected chi connectivity index (χ1v) is 9.04. The van der Waals surface area contributed by atoms with Gasteiger partial charge in [-0.25, -0.2) is 4.57 Å². The summed E-state index contributed by atoms with van der Waals surface area (Å²) >= 11 is 7.75. The summed E-state index contributed by atoms with van der Waals surface area (Å²) < 4.78 is 12.7. The Balaban J connectivity index is 0. The molecule has 13 heteroatoms. The van der Waals surface area contributed by atoms with Gasteiger partial charge in [0.1, 0.15) is 0 Å². The third kappa shape index (κ3) is 74.0. The van der Waals surface area contributed by atoms with E-state index in [-0.39, 0.29) is 0 Å². The van der Waals surface area contributed by atoms with Crippen molar-refractivity contribution in [3.63, 3.8) is 0 Å². The van der Waals surface area contributed by atoms with Crippen molar-refractivity contribution in [1.29, 1.82) is 0 Å². The summed E-state index contributed by atoms with van der Waals surface area (Å²) in [5.41, 5.74) is 0.